The molecule has 6 heteroatoms. The van der Waals surface area contributed by atoms with Crippen molar-refractivity contribution in [3.05, 3.63) is 24.0 Å². The van der Waals surface area contributed by atoms with Crippen LogP contribution in [0, 0.1) is 5.82 Å². The summed E-state index contributed by atoms with van der Waals surface area (Å²) in [5.41, 5.74) is 0.527. The van der Waals surface area contributed by atoms with Gasteiger partial charge in [-0.2, -0.15) is 8.42 Å². The Morgan fingerprint density at radius 1 is 1.38 bits per heavy atom. The molecule has 0 spiro atoms. The van der Waals surface area contributed by atoms with E-state index in [1.807, 2.05) is 0 Å². The van der Waals surface area contributed by atoms with Gasteiger partial charge in [-0.3, -0.25) is 0 Å². The zero-order valence-corrected chi connectivity index (χ0v) is 9.11. The van der Waals surface area contributed by atoms with Crippen LogP contribution in [0.2, 0.25) is 0 Å². The molecule has 0 aromatic heterocycles. The zero-order valence-electron chi connectivity index (χ0n) is 8.30. The quantitative estimate of drug-likeness (QED) is 0.748. The molecule has 3 rings (SSSR count). The number of rotatable bonds is 1. The molecule has 1 fully saturated rings. The van der Waals surface area contributed by atoms with E-state index in [2.05, 4.69) is 4.40 Å². The molecule has 0 radical (unpaired) electrons. The largest absolute Gasteiger partial charge is 0.327 e. The lowest BCUT2D eigenvalue weighted by Crippen LogP contribution is -2.29. The van der Waals surface area contributed by atoms with E-state index < -0.39 is 15.8 Å². The second-order valence-corrected chi connectivity index (χ2v) is 5.55. The van der Waals surface area contributed by atoms with Crippen LogP contribution in [0.3, 0.4) is 0 Å². The van der Waals surface area contributed by atoms with Gasteiger partial charge >= 0.3 is 0 Å². The number of sulfonamides is 1. The lowest BCUT2D eigenvalue weighted by atomic mass is 10.3. The minimum atomic E-state index is -3.72. The van der Waals surface area contributed by atoms with Crippen molar-refractivity contribution >= 4 is 22.0 Å². The van der Waals surface area contributed by atoms with Crippen LogP contribution in [0.4, 0.5) is 10.1 Å². The number of fused-ring (bicyclic) bond motifs is 1. The van der Waals surface area contributed by atoms with Gasteiger partial charge < -0.3 is 4.90 Å². The third-order valence-corrected chi connectivity index (χ3v) is 3.98. The predicted octanol–water partition coefficient (Wildman–Crippen LogP) is 1.53. The highest BCUT2D eigenvalue weighted by molar-refractivity contribution is 7.90. The third kappa shape index (κ3) is 1.41. The highest BCUT2D eigenvalue weighted by Gasteiger charge is 2.34. The van der Waals surface area contributed by atoms with Crippen LogP contribution >= 0.6 is 0 Å². The maximum atomic E-state index is 13.0. The maximum Gasteiger partial charge on any atom is 0.285 e. The van der Waals surface area contributed by atoms with E-state index in [1.165, 1.54) is 18.5 Å². The fraction of sp³-hybridized carbons (Fsp3) is 0.300. The maximum absolute atomic E-state index is 13.0. The van der Waals surface area contributed by atoms with E-state index in [4.69, 9.17) is 0 Å². The molecule has 1 aromatic carbocycles. The Kier molecular flexibility index (Phi) is 1.85. The van der Waals surface area contributed by atoms with Crippen LogP contribution in [0.5, 0.6) is 0 Å². The first kappa shape index (κ1) is 9.77. The van der Waals surface area contributed by atoms with Crippen LogP contribution in [0.25, 0.3) is 0 Å². The molecule has 0 atom stereocenters. The summed E-state index contributed by atoms with van der Waals surface area (Å²) in [6, 6.07) is 4.09. The Morgan fingerprint density at radius 2 is 2.12 bits per heavy atom. The number of nitrogens with zero attached hydrogens (tertiary/aromatic N) is 2. The van der Waals surface area contributed by atoms with Gasteiger partial charge in [0.05, 0.1) is 5.69 Å². The molecule has 0 saturated heterocycles. The van der Waals surface area contributed by atoms with Crippen LogP contribution in [-0.2, 0) is 10.0 Å². The van der Waals surface area contributed by atoms with E-state index >= 15 is 0 Å². The summed E-state index contributed by atoms with van der Waals surface area (Å²) < 4.78 is 39.8. The molecular weight excluding hydrogens is 231 g/mol. The molecule has 1 aromatic rings. The van der Waals surface area contributed by atoms with Crippen molar-refractivity contribution in [1.29, 1.82) is 0 Å². The summed E-state index contributed by atoms with van der Waals surface area (Å²) in [6.07, 6.45) is 3.36. The second-order valence-electron chi connectivity index (χ2n) is 3.95. The Hall–Kier alpha value is -1.43. The topological polar surface area (TPSA) is 49.7 Å². The standard InChI is InChI=1S/C10H9FN2O2S/c11-7-1-4-9-10(5-7)16(14,15)12-6-13(9)8-2-3-8/h1,4-6,8H,2-3H2. The summed E-state index contributed by atoms with van der Waals surface area (Å²) in [7, 11) is -3.72. The lowest BCUT2D eigenvalue weighted by Gasteiger charge is -2.24. The molecule has 84 valence electrons. The van der Waals surface area contributed by atoms with Gasteiger partial charge in [-0.15, -0.1) is 4.40 Å². The highest BCUT2D eigenvalue weighted by atomic mass is 32.2. The van der Waals surface area contributed by atoms with Crippen molar-refractivity contribution < 1.29 is 12.8 Å². The van der Waals surface area contributed by atoms with Crippen LogP contribution in [-0.4, -0.2) is 20.8 Å². The van der Waals surface area contributed by atoms with E-state index in [0.717, 1.165) is 18.9 Å². The van der Waals surface area contributed by atoms with E-state index in [1.54, 1.807) is 4.90 Å². The second kappa shape index (κ2) is 3.04. The van der Waals surface area contributed by atoms with Gasteiger partial charge in [0.1, 0.15) is 17.1 Å². The molecule has 0 amide bonds. The van der Waals surface area contributed by atoms with Crippen molar-refractivity contribution in [1.82, 2.24) is 0 Å². The summed E-state index contributed by atoms with van der Waals surface area (Å²) in [5.74, 6) is -0.560. The molecule has 4 nitrogen and oxygen atoms in total. The van der Waals surface area contributed by atoms with Crippen LogP contribution in [0.1, 0.15) is 12.8 Å². The number of halogens is 1. The third-order valence-electron chi connectivity index (χ3n) is 2.73. The fourth-order valence-electron chi connectivity index (χ4n) is 1.78. The van der Waals surface area contributed by atoms with Gasteiger partial charge in [0.15, 0.2) is 0 Å². The summed E-state index contributed by atoms with van der Waals surface area (Å²) in [5, 5.41) is 0. The Morgan fingerprint density at radius 3 is 2.81 bits per heavy atom. The Labute approximate surface area is 92.5 Å². The van der Waals surface area contributed by atoms with Gasteiger partial charge in [-0.25, -0.2) is 4.39 Å². The van der Waals surface area contributed by atoms with Gasteiger partial charge in [0, 0.05) is 6.04 Å². The molecule has 1 saturated carbocycles. The van der Waals surface area contributed by atoms with Crippen LogP contribution < -0.4 is 4.90 Å². The van der Waals surface area contributed by atoms with Crippen LogP contribution in [0.15, 0.2) is 27.5 Å². The van der Waals surface area contributed by atoms with Gasteiger partial charge in [-0.05, 0) is 31.0 Å². The number of hydrogen-bond acceptors (Lipinski definition) is 3. The fourth-order valence-corrected chi connectivity index (χ4v) is 2.82. The number of hydrogen-bond donors (Lipinski definition) is 0. The van der Waals surface area contributed by atoms with E-state index in [-0.39, 0.29) is 4.90 Å². The van der Waals surface area contributed by atoms with Crippen molar-refractivity contribution in [3.63, 3.8) is 0 Å². The van der Waals surface area contributed by atoms with E-state index in [9.17, 15) is 12.8 Å². The molecule has 0 bridgehead atoms. The Balaban J connectivity index is 2.21. The molecule has 1 aliphatic heterocycles. The summed E-state index contributed by atoms with van der Waals surface area (Å²) in [4.78, 5) is 1.76. The molecule has 16 heavy (non-hydrogen) atoms. The molecule has 1 heterocycles. The number of anilines is 1. The van der Waals surface area contributed by atoms with Gasteiger partial charge in [-0.1, -0.05) is 0 Å². The van der Waals surface area contributed by atoms with E-state index in [0.29, 0.717) is 11.7 Å². The first-order valence-electron chi connectivity index (χ1n) is 4.96. The predicted molar refractivity (Wildman–Crippen MR) is 57.6 cm³/mol. The smallest absolute Gasteiger partial charge is 0.285 e. The summed E-state index contributed by atoms with van der Waals surface area (Å²) >= 11 is 0. The molecule has 0 N–H and O–H groups in total. The minimum Gasteiger partial charge on any atom is -0.327 e. The monoisotopic (exact) mass is 240 g/mol. The van der Waals surface area contributed by atoms with Crippen molar-refractivity contribution in [2.24, 2.45) is 4.40 Å². The van der Waals surface area contributed by atoms with Gasteiger partial charge in [0.2, 0.25) is 0 Å². The van der Waals surface area contributed by atoms with Crippen molar-refractivity contribution in [3.8, 4) is 0 Å². The first-order chi connectivity index (χ1) is 7.58. The van der Waals surface area contributed by atoms with Crippen molar-refractivity contribution in [2.45, 2.75) is 23.8 Å². The number of benzene rings is 1. The lowest BCUT2D eigenvalue weighted by molar-refractivity contribution is 0.591. The first-order valence-corrected chi connectivity index (χ1v) is 6.40. The molecular formula is C10H9FN2O2S. The molecule has 0 unspecified atom stereocenters. The highest BCUT2D eigenvalue weighted by Crippen LogP contribution is 2.37. The minimum absolute atomic E-state index is 0.0399. The van der Waals surface area contributed by atoms with Gasteiger partial charge in [0.25, 0.3) is 10.0 Å². The molecule has 1 aliphatic carbocycles. The summed E-state index contributed by atoms with van der Waals surface area (Å²) in [6.45, 7) is 0. The Bertz CT molecular complexity index is 578. The molecule has 2 aliphatic rings. The average Bonchev–Trinajstić information content (AvgIpc) is 3.03. The van der Waals surface area contributed by atoms with Crippen molar-refractivity contribution in [2.75, 3.05) is 4.90 Å². The SMILES string of the molecule is O=S1(=O)N=CN(C2CC2)c2ccc(F)cc21. The average molecular weight is 240 g/mol. The normalized spacial score (nSPS) is 21.9. The zero-order chi connectivity index (χ0) is 11.3.